The fourth-order valence-corrected chi connectivity index (χ4v) is 2.66. The van der Waals surface area contributed by atoms with Crippen LogP contribution in [0.4, 0.5) is 10.5 Å². The third-order valence-corrected chi connectivity index (χ3v) is 3.88. The van der Waals surface area contributed by atoms with Crippen LogP contribution in [0.1, 0.15) is 24.8 Å². The van der Waals surface area contributed by atoms with Gasteiger partial charge in [0, 0.05) is 48.5 Å². The lowest BCUT2D eigenvalue weighted by Gasteiger charge is -2.30. The van der Waals surface area contributed by atoms with Gasteiger partial charge in [0.1, 0.15) is 6.23 Å². The number of aromatic nitrogens is 1. The van der Waals surface area contributed by atoms with E-state index in [0.29, 0.717) is 25.8 Å². The highest BCUT2D eigenvalue weighted by Gasteiger charge is 2.25. The molecule has 1 aromatic heterocycles. The van der Waals surface area contributed by atoms with Crippen LogP contribution in [-0.4, -0.2) is 40.6 Å². The van der Waals surface area contributed by atoms with E-state index in [1.165, 1.54) is 0 Å². The predicted octanol–water partition coefficient (Wildman–Crippen LogP) is 1.60. The Morgan fingerprint density at radius 1 is 1.38 bits per heavy atom. The van der Waals surface area contributed by atoms with Gasteiger partial charge in [-0.1, -0.05) is 17.9 Å². The van der Waals surface area contributed by atoms with E-state index < -0.39 is 6.23 Å². The summed E-state index contributed by atoms with van der Waals surface area (Å²) in [6.07, 6.45) is 4.40. The Bertz CT molecular complexity index is 810. The third kappa shape index (κ3) is 3.48. The summed E-state index contributed by atoms with van der Waals surface area (Å²) < 4.78 is 0. The SMILES string of the molecule is O=C1NC(O)CCN1c1cncc2cc(C#CCCCO)ccc12. The van der Waals surface area contributed by atoms with Crippen molar-refractivity contribution in [3.05, 3.63) is 36.2 Å². The summed E-state index contributed by atoms with van der Waals surface area (Å²) in [7, 11) is 0. The van der Waals surface area contributed by atoms with Gasteiger partial charge in [-0.05, 0) is 18.6 Å². The molecule has 3 N–H and O–H groups in total. The molecule has 2 amide bonds. The highest BCUT2D eigenvalue weighted by Crippen LogP contribution is 2.27. The Hall–Kier alpha value is -2.62. The second-order valence-corrected chi connectivity index (χ2v) is 5.63. The van der Waals surface area contributed by atoms with Gasteiger partial charge in [-0.25, -0.2) is 4.79 Å². The first kappa shape index (κ1) is 16.2. The average molecular weight is 325 g/mol. The van der Waals surface area contributed by atoms with E-state index in [9.17, 15) is 9.90 Å². The van der Waals surface area contributed by atoms with E-state index in [1.807, 2.05) is 18.2 Å². The second-order valence-electron chi connectivity index (χ2n) is 5.63. The minimum Gasteiger partial charge on any atom is -0.396 e. The van der Waals surface area contributed by atoms with Crippen LogP contribution in [0.15, 0.2) is 30.6 Å². The van der Waals surface area contributed by atoms with Gasteiger partial charge in [-0.2, -0.15) is 0 Å². The minimum atomic E-state index is -0.794. The maximum atomic E-state index is 12.1. The first-order valence-corrected chi connectivity index (χ1v) is 7.92. The molecule has 3 rings (SSSR count). The number of urea groups is 1. The Morgan fingerprint density at radius 2 is 2.25 bits per heavy atom. The Balaban J connectivity index is 1.90. The van der Waals surface area contributed by atoms with Gasteiger partial charge in [-0.15, -0.1) is 0 Å². The predicted molar refractivity (Wildman–Crippen MR) is 91.4 cm³/mol. The smallest absolute Gasteiger partial charge is 0.323 e. The largest absolute Gasteiger partial charge is 0.396 e. The monoisotopic (exact) mass is 325 g/mol. The van der Waals surface area contributed by atoms with Crippen LogP contribution in [0, 0.1) is 11.8 Å². The molecule has 1 aliphatic rings. The Morgan fingerprint density at radius 3 is 3.04 bits per heavy atom. The number of unbranched alkanes of at least 4 members (excludes halogenated alkanes) is 1. The summed E-state index contributed by atoms with van der Waals surface area (Å²) in [5, 5.41) is 22.6. The number of pyridine rings is 1. The molecule has 24 heavy (non-hydrogen) atoms. The van der Waals surface area contributed by atoms with Gasteiger partial charge < -0.3 is 15.5 Å². The summed E-state index contributed by atoms with van der Waals surface area (Å²) in [4.78, 5) is 17.9. The van der Waals surface area contributed by atoms with Gasteiger partial charge in [0.25, 0.3) is 0 Å². The normalized spacial score (nSPS) is 17.3. The molecule has 6 nitrogen and oxygen atoms in total. The van der Waals surface area contributed by atoms with E-state index in [-0.39, 0.29) is 12.6 Å². The number of hydrogen-bond donors (Lipinski definition) is 3. The summed E-state index contributed by atoms with van der Waals surface area (Å²) >= 11 is 0. The molecular weight excluding hydrogens is 306 g/mol. The van der Waals surface area contributed by atoms with Crippen LogP contribution >= 0.6 is 0 Å². The summed E-state index contributed by atoms with van der Waals surface area (Å²) in [6.45, 7) is 0.586. The molecule has 124 valence electrons. The number of hydrogen-bond acceptors (Lipinski definition) is 4. The lowest BCUT2D eigenvalue weighted by atomic mass is 10.1. The van der Waals surface area contributed by atoms with Crippen molar-refractivity contribution in [3.63, 3.8) is 0 Å². The fraction of sp³-hybridized carbons (Fsp3) is 0.333. The van der Waals surface area contributed by atoms with Crippen molar-refractivity contribution >= 4 is 22.5 Å². The van der Waals surface area contributed by atoms with E-state index in [2.05, 4.69) is 22.1 Å². The molecule has 2 aromatic rings. The van der Waals surface area contributed by atoms with Gasteiger partial charge in [-0.3, -0.25) is 9.88 Å². The van der Waals surface area contributed by atoms with Crippen LogP contribution < -0.4 is 10.2 Å². The fourth-order valence-electron chi connectivity index (χ4n) is 2.66. The van der Waals surface area contributed by atoms with Crippen molar-refractivity contribution in [1.29, 1.82) is 0 Å². The highest BCUT2D eigenvalue weighted by atomic mass is 16.3. The number of aliphatic hydroxyl groups is 2. The molecule has 1 unspecified atom stereocenters. The number of anilines is 1. The number of aliphatic hydroxyl groups excluding tert-OH is 2. The quantitative estimate of drug-likeness (QED) is 0.591. The van der Waals surface area contributed by atoms with Crippen LogP contribution in [0.3, 0.4) is 0 Å². The number of fused-ring (bicyclic) bond motifs is 1. The minimum absolute atomic E-state index is 0.145. The average Bonchev–Trinajstić information content (AvgIpc) is 2.58. The van der Waals surface area contributed by atoms with Crippen LogP contribution in [0.2, 0.25) is 0 Å². The summed E-state index contributed by atoms with van der Waals surface area (Å²) in [5.74, 6) is 6.09. The highest BCUT2D eigenvalue weighted by molar-refractivity contribution is 6.03. The molecule has 0 radical (unpaired) electrons. The Kier molecular flexibility index (Phi) is 4.94. The molecule has 0 saturated carbocycles. The Labute approximate surface area is 140 Å². The topological polar surface area (TPSA) is 85.7 Å². The van der Waals surface area contributed by atoms with Crippen LogP contribution in [-0.2, 0) is 0 Å². The molecule has 2 heterocycles. The molecule has 0 spiro atoms. The number of carbonyl (C=O) groups excluding carboxylic acids is 1. The number of nitrogens with one attached hydrogen (secondary N) is 1. The van der Waals surface area contributed by atoms with E-state index >= 15 is 0 Å². The number of nitrogens with zero attached hydrogens (tertiary/aromatic N) is 2. The lowest BCUT2D eigenvalue weighted by Crippen LogP contribution is -2.51. The van der Waals surface area contributed by atoms with E-state index in [4.69, 9.17) is 5.11 Å². The van der Waals surface area contributed by atoms with Gasteiger partial charge >= 0.3 is 6.03 Å². The van der Waals surface area contributed by atoms with Crippen LogP contribution in [0.25, 0.3) is 10.8 Å². The molecule has 0 bridgehead atoms. The number of benzene rings is 1. The first-order chi connectivity index (χ1) is 11.7. The van der Waals surface area contributed by atoms with Gasteiger partial charge in [0.05, 0.1) is 11.9 Å². The van der Waals surface area contributed by atoms with E-state index in [0.717, 1.165) is 22.0 Å². The summed E-state index contributed by atoms with van der Waals surface area (Å²) in [5.41, 5.74) is 1.59. The van der Waals surface area contributed by atoms with Crippen molar-refractivity contribution in [3.8, 4) is 11.8 Å². The van der Waals surface area contributed by atoms with Gasteiger partial charge in [0.2, 0.25) is 0 Å². The van der Waals surface area contributed by atoms with E-state index in [1.54, 1.807) is 17.3 Å². The second kappa shape index (κ2) is 7.30. The van der Waals surface area contributed by atoms with Crippen molar-refractivity contribution in [2.24, 2.45) is 0 Å². The zero-order valence-electron chi connectivity index (χ0n) is 13.2. The standard InChI is InChI=1S/C18H19N3O3/c22-9-3-1-2-4-13-5-6-15-14(10-13)11-19-12-16(15)21-8-7-17(23)20-18(21)24/h5-6,10-12,17,22-23H,1,3,7-9H2,(H,20,24). The third-order valence-electron chi connectivity index (χ3n) is 3.88. The van der Waals surface area contributed by atoms with Crippen molar-refractivity contribution in [2.75, 3.05) is 18.1 Å². The maximum Gasteiger partial charge on any atom is 0.323 e. The first-order valence-electron chi connectivity index (χ1n) is 7.92. The molecule has 6 heteroatoms. The van der Waals surface area contributed by atoms with Crippen molar-refractivity contribution < 1.29 is 15.0 Å². The molecule has 1 aliphatic heterocycles. The molecule has 1 fully saturated rings. The number of amides is 2. The number of carbonyl (C=O) groups is 1. The molecule has 0 aliphatic carbocycles. The van der Waals surface area contributed by atoms with Crippen molar-refractivity contribution in [1.82, 2.24) is 10.3 Å². The number of rotatable bonds is 3. The zero-order chi connectivity index (χ0) is 16.9. The lowest BCUT2D eigenvalue weighted by molar-refractivity contribution is 0.125. The van der Waals surface area contributed by atoms with Gasteiger partial charge in [0.15, 0.2) is 0 Å². The summed E-state index contributed by atoms with van der Waals surface area (Å²) in [6, 6.07) is 5.46. The molecule has 1 aromatic carbocycles. The molecule has 1 atom stereocenters. The van der Waals surface area contributed by atoms with Crippen LogP contribution in [0.5, 0.6) is 0 Å². The molecular formula is C18H19N3O3. The maximum absolute atomic E-state index is 12.1. The molecule has 1 saturated heterocycles. The zero-order valence-corrected chi connectivity index (χ0v) is 13.2. The van der Waals surface area contributed by atoms with Crippen molar-refractivity contribution in [2.45, 2.75) is 25.5 Å².